The van der Waals surface area contributed by atoms with E-state index in [1.807, 2.05) is 42.1 Å². The second-order valence-electron chi connectivity index (χ2n) is 6.32. The summed E-state index contributed by atoms with van der Waals surface area (Å²) in [6.45, 7) is 6.50. The number of aliphatic hydroxyl groups is 1. The van der Waals surface area contributed by atoms with E-state index in [0.717, 1.165) is 24.6 Å². The molecule has 3 N–H and O–H groups in total. The highest BCUT2D eigenvalue weighted by molar-refractivity contribution is 8.00. The van der Waals surface area contributed by atoms with Crippen molar-refractivity contribution in [3.63, 3.8) is 0 Å². The maximum Gasteiger partial charge on any atom is 0.191 e. The van der Waals surface area contributed by atoms with E-state index in [9.17, 15) is 5.11 Å². The molecule has 4 nitrogen and oxygen atoms in total. The van der Waals surface area contributed by atoms with Crippen molar-refractivity contribution in [3.05, 3.63) is 35.9 Å². The van der Waals surface area contributed by atoms with Gasteiger partial charge < -0.3 is 15.7 Å². The lowest BCUT2D eigenvalue weighted by atomic mass is 10.1. The number of thioether (sulfide) groups is 1. The van der Waals surface area contributed by atoms with E-state index in [-0.39, 0.29) is 4.75 Å². The number of nitrogens with one attached hydrogen (secondary N) is 2. The van der Waals surface area contributed by atoms with Gasteiger partial charge in [-0.3, -0.25) is 4.99 Å². The summed E-state index contributed by atoms with van der Waals surface area (Å²) in [6.07, 6.45) is 2.76. The number of nitrogens with zero attached hydrogens (tertiary/aromatic N) is 1. The highest BCUT2D eigenvalue weighted by Gasteiger charge is 2.29. The molecule has 23 heavy (non-hydrogen) atoms. The lowest BCUT2D eigenvalue weighted by molar-refractivity contribution is 0.177. The van der Waals surface area contributed by atoms with E-state index in [1.165, 1.54) is 18.6 Å². The molecule has 2 rings (SSSR count). The van der Waals surface area contributed by atoms with Gasteiger partial charge in [-0.05, 0) is 38.0 Å². The first-order chi connectivity index (χ1) is 11.1. The molecular weight excluding hydrogens is 306 g/mol. The second-order valence-corrected chi connectivity index (χ2v) is 8.00. The average molecular weight is 336 g/mol. The van der Waals surface area contributed by atoms with Gasteiger partial charge in [-0.15, -0.1) is 0 Å². The molecule has 0 radical (unpaired) electrons. The molecule has 0 saturated carbocycles. The molecule has 5 heteroatoms. The van der Waals surface area contributed by atoms with Crippen molar-refractivity contribution in [2.75, 3.05) is 25.4 Å². The third-order valence-electron chi connectivity index (χ3n) is 4.04. The van der Waals surface area contributed by atoms with Crippen LogP contribution in [0.3, 0.4) is 0 Å². The van der Waals surface area contributed by atoms with Crippen LogP contribution in [-0.2, 0) is 6.42 Å². The topological polar surface area (TPSA) is 56.7 Å². The Morgan fingerprint density at radius 1 is 1.35 bits per heavy atom. The molecule has 0 amide bonds. The minimum absolute atomic E-state index is 0.269. The van der Waals surface area contributed by atoms with E-state index >= 15 is 0 Å². The third kappa shape index (κ3) is 6.43. The van der Waals surface area contributed by atoms with Crippen LogP contribution in [0.25, 0.3) is 0 Å². The van der Waals surface area contributed by atoms with Crippen molar-refractivity contribution in [2.24, 2.45) is 4.99 Å². The fourth-order valence-electron chi connectivity index (χ4n) is 2.72. The van der Waals surface area contributed by atoms with Gasteiger partial charge >= 0.3 is 0 Å². The van der Waals surface area contributed by atoms with Gasteiger partial charge in [0.05, 0.1) is 12.6 Å². The van der Waals surface area contributed by atoms with Crippen LogP contribution in [0, 0.1) is 0 Å². The maximum atomic E-state index is 10.2. The van der Waals surface area contributed by atoms with Crippen LogP contribution < -0.4 is 10.6 Å². The number of hydrogen-bond donors (Lipinski definition) is 3. The molecule has 0 aromatic heterocycles. The van der Waals surface area contributed by atoms with E-state index < -0.39 is 6.10 Å². The Labute approximate surface area is 144 Å². The molecule has 1 aromatic rings. The molecule has 0 aliphatic carbocycles. The number of hydrogen-bond acceptors (Lipinski definition) is 3. The number of guanidine groups is 1. The summed E-state index contributed by atoms with van der Waals surface area (Å²) in [6, 6.07) is 10.1. The van der Waals surface area contributed by atoms with E-state index in [4.69, 9.17) is 4.99 Å². The first-order valence-electron chi connectivity index (χ1n) is 8.49. The Hall–Kier alpha value is -1.20. The van der Waals surface area contributed by atoms with Gasteiger partial charge in [0.15, 0.2) is 5.96 Å². The van der Waals surface area contributed by atoms with Gasteiger partial charge in [-0.1, -0.05) is 30.3 Å². The van der Waals surface area contributed by atoms with Crippen molar-refractivity contribution in [3.8, 4) is 0 Å². The number of aliphatic imine (C=N–C) groups is 1. The van der Waals surface area contributed by atoms with Crippen LogP contribution in [0.5, 0.6) is 0 Å². The zero-order valence-corrected chi connectivity index (χ0v) is 15.0. The maximum absolute atomic E-state index is 10.2. The Balaban J connectivity index is 1.81. The summed E-state index contributed by atoms with van der Waals surface area (Å²) < 4.78 is 0.269. The monoisotopic (exact) mass is 335 g/mol. The summed E-state index contributed by atoms with van der Waals surface area (Å²) in [5.41, 5.74) is 1.15. The van der Waals surface area contributed by atoms with Crippen LogP contribution in [0.2, 0.25) is 0 Å². The van der Waals surface area contributed by atoms with Gasteiger partial charge in [0.1, 0.15) is 0 Å². The normalized spacial score (nSPS) is 22.8. The van der Waals surface area contributed by atoms with Crippen molar-refractivity contribution < 1.29 is 5.11 Å². The summed E-state index contributed by atoms with van der Waals surface area (Å²) in [4.78, 5) is 4.71. The minimum Gasteiger partial charge on any atom is -0.391 e. The molecule has 1 aliphatic rings. The molecule has 1 fully saturated rings. The van der Waals surface area contributed by atoms with Crippen LogP contribution >= 0.6 is 11.8 Å². The lowest BCUT2D eigenvalue weighted by Crippen LogP contribution is -2.42. The smallest absolute Gasteiger partial charge is 0.191 e. The minimum atomic E-state index is -0.419. The largest absolute Gasteiger partial charge is 0.391 e. The van der Waals surface area contributed by atoms with Gasteiger partial charge in [-0.2, -0.15) is 11.8 Å². The van der Waals surface area contributed by atoms with E-state index in [0.29, 0.717) is 13.0 Å². The second kappa shape index (κ2) is 9.18. The summed E-state index contributed by atoms with van der Waals surface area (Å²) in [5, 5.41) is 16.7. The highest BCUT2D eigenvalue weighted by Crippen LogP contribution is 2.37. The molecule has 2 unspecified atom stereocenters. The third-order valence-corrected chi connectivity index (χ3v) is 5.56. The standard InChI is InChI=1S/C18H29N3OS/c1-3-19-17(21-14-18(2)10-7-11-23-18)20-13-16(22)12-15-8-5-4-6-9-15/h4-6,8-9,16,22H,3,7,10-14H2,1-2H3,(H2,19,20,21). The quantitative estimate of drug-likeness (QED) is 0.529. The predicted octanol–water partition coefficient (Wildman–Crippen LogP) is 2.43. The first kappa shape index (κ1) is 18.1. The summed E-state index contributed by atoms with van der Waals surface area (Å²) in [5.74, 6) is 2.04. The molecule has 128 valence electrons. The molecular formula is C18H29N3OS. The lowest BCUT2D eigenvalue weighted by Gasteiger charge is -2.21. The zero-order chi connectivity index (χ0) is 16.5. The van der Waals surface area contributed by atoms with Gasteiger partial charge in [0.2, 0.25) is 0 Å². The van der Waals surface area contributed by atoms with Crippen LogP contribution in [-0.4, -0.2) is 47.3 Å². The van der Waals surface area contributed by atoms with Crippen LogP contribution in [0.1, 0.15) is 32.3 Å². The Bertz CT molecular complexity index is 486. The molecule has 2 atom stereocenters. The molecule has 1 aromatic carbocycles. The number of rotatable bonds is 7. The SMILES string of the molecule is CCNC(=NCC1(C)CCCS1)NCC(O)Cc1ccccc1. The zero-order valence-electron chi connectivity index (χ0n) is 14.2. The van der Waals surface area contributed by atoms with Crippen LogP contribution in [0.4, 0.5) is 0 Å². The fraction of sp³-hybridized carbons (Fsp3) is 0.611. The molecule has 0 bridgehead atoms. The summed E-state index contributed by atoms with van der Waals surface area (Å²) >= 11 is 2.02. The predicted molar refractivity (Wildman–Crippen MR) is 100 cm³/mol. The Morgan fingerprint density at radius 3 is 2.78 bits per heavy atom. The number of benzene rings is 1. The van der Waals surface area contributed by atoms with Gasteiger partial charge in [0.25, 0.3) is 0 Å². The molecule has 1 saturated heterocycles. The van der Waals surface area contributed by atoms with E-state index in [2.05, 4.69) is 24.5 Å². The van der Waals surface area contributed by atoms with Crippen molar-refractivity contribution in [2.45, 2.75) is 44.0 Å². The van der Waals surface area contributed by atoms with Gasteiger partial charge in [-0.25, -0.2) is 0 Å². The van der Waals surface area contributed by atoms with Gasteiger partial charge in [0, 0.05) is 24.3 Å². The fourth-order valence-corrected chi connectivity index (χ4v) is 3.95. The average Bonchev–Trinajstić information content (AvgIpc) is 2.98. The Morgan fingerprint density at radius 2 is 2.13 bits per heavy atom. The van der Waals surface area contributed by atoms with E-state index in [1.54, 1.807) is 0 Å². The van der Waals surface area contributed by atoms with Crippen molar-refractivity contribution >= 4 is 17.7 Å². The van der Waals surface area contributed by atoms with Crippen molar-refractivity contribution in [1.82, 2.24) is 10.6 Å². The number of aliphatic hydroxyl groups excluding tert-OH is 1. The summed E-state index contributed by atoms with van der Waals surface area (Å²) in [7, 11) is 0. The Kier molecular flexibility index (Phi) is 7.24. The molecule has 0 spiro atoms. The van der Waals surface area contributed by atoms with Crippen LogP contribution in [0.15, 0.2) is 35.3 Å². The van der Waals surface area contributed by atoms with Crippen molar-refractivity contribution in [1.29, 1.82) is 0 Å². The highest BCUT2D eigenvalue weighted by atomic mass is 32.2. The molecule has 1 heterocycles. The molecule has 1 aliphatic heterocycles. The first-order valence-corrected chi connectivity index (χ1v) is 9.48.